The number of rotatable bonds is 2. The number of nitrogen functional groups attached to an aromatic ring is 1. The molecular weight excluding hydrogens is 285 g/mol. The van der Waals surface area contributed by atoms with E-state index in [4.69, 9.17) is 10.5 Å². The van der Waals surface area contributed by atoms with Crippen LogP contribution >= 0.6 is 0 Å². The van der Waals surface area contributed by atoms with Crippen LogP contribution in [0.3, 0.4) is 0 Å². The molecule has 1 unspecified atom stereocenters. The number of aliphatic hydroxyl groups is 1. The lowest BCUT2D eigenvalue weighted by Crippen LogP contribution is -2.54. The highest BCUT2D eigenvalue weighted by atomic mass is 19.4. The van der Waals surface area contributed by atoms with Gasteiger partial charge in [-0.1, -0.05) is 0 Å². The Balaban J connectivity index is 2.29. The van der Waals surface area contributed by atoms with E-state index in [0.29, 0.717) is 18.8 Å². The van der Waals surface area contributed by atoms with Gasteiger partial charge in [0.2, 0.25) is 0 Å². The van der Waals surface area contributed by atoms with E-state index < -0.39 is 23.4 Å². The van der Waals surface area contributed by atoms with E-state index in [9.17, 15) is 18.3 Å². The number of nitrogens with zero attached hydrogens (tertiary/aromatic N) is 1. The molecule has 1 atom stereocenters. The number of benzene rings is 1. The van der Waals surface area contributed by atoms with Crippen molar-refractivity contribution in [3.05, 3.63) is 23.8 Å². The third-order valence-corrected chi connectivity index (χ3v) is 3.38. The average Bonchev–Trinajstić information content (AvgIpc) is 2.35. The van der Waals surface area contributed by atoms with Crippen LogP contribution in [0.5, 0.6) is 0 Å². The van der Waals surface area contributed by atoms with E-state index in [1.165, 1.54) is 6.07 Å². The fourth-order valence-corrected chi connectivity index (χ4v) is 2.59. The lowest BCUT2D eigenvalue weighted by Gasteiger charge is -2.43. The van der Waals surface area contributed by atoms with Crippen molar-refractivity contribution in [2.75, 3.05) is 30.3 Å². The van der Waals surface area contributed by atoms with Gasteiger partial charge in [0.1, 0.15) is 0 Å². The molecule has 1 heterocycles. The molecule has 1 aliphatic heterocycles. The largest absolute Gasteiger partial charge is 0.416 e. The van der Waals surface area contributed by atoms with Crippen LogP contribution < -0.4 is 10.6 Å². The Morgan fingerprint density at radius 2 is 2.10 bits per heavy atom. The van der Waals surface area contributed by atoms with Crippen LogP contribution in [-0.4, -0.2) is 36.5 Å². The fourth-order valence-electron chi connectivity index (χ4n) is 2.59. The topological polar surface area (TPSA) is 58.7 Å². The van der Waals surface area contributed by atoms with Crippen molar-refractivity contribution in [1.82, 2.24) is 0 Å². The molecule has 0 saturated carbocycles. The summed E-state index contributed by atoms with van der Waals surface area (Å²) in [5.74, 6) is 0. The molecule has 21 heavy (non-hydrogen) atoms. The van der Waals surface area contributed by atoms with Gasteiger partial charge in [-0.15, -0.1) is 0 Å². The van der Waals surface area contributed by atoms with Gasteiger partial charge >= 0.3 is 6.18 Å². The smallest absolute Gasteiger partial charge is 0.397 e. The van der Waals surface area contributed by atoms with Gasteiger partial charge in [0.25, 0.3) is 0 Å². The second-order valence-electron chi connectivity index (χ2n) is 5.83. The second-order valence-corrected chi connectivity index (χ2v) is 5.83. The van der Waals surface area contributed by atoms with E-state index in [2.05, 4.69) is 0 Å². The van der Waals surface area contributed by atoms with E-state index in [1.54, 1.807) is 0 Å². The first kappa shape index (κ1) is 15.9. The van der Waals surface area contributed by atoms with E-state index in [-0.39, 0.29) is 12.3 Å². The maximum absolute atomic E-state index is 12.7. The molecule has 0 aromatic heterocycles. The van der Waals surface area contributed by atoms with Crippen molar-refractivity contribution in [3.63, 3.8) is 0 Å². The summed E-state index contributed by atoms with van der Waals surface area (Å²) in [4.78, 5) is 1.85. The Morgan fingerprint density at radius 1 is 1.43 bits per heavy atom. The van der Waals surface area contributed by atoms with Gasteiger partial charge in [-0.2, -0.15) is 13.2 Å². The number of ether oxygens (including phenoxy) is 1. The molecule has 1 aromatic carbocycles. The van der Waals surface area contributed by atoms with Crippen LogP contribution in [0.1, 0.15) is 19.4 Å². The molecule has 1 saturated heterocycles. The minimum absolute atomic E-state index is 0.0687. The summed E-state index contributed by atoms with van der Waals surface area (Å²) in [7, 11) is 0. The van der Waals surface area contributed by atoms with Crippen molar-refractivity contribution < 1.29 is 23.0 Å². The number of morpholine rings is 1. The normalized spacial score (nSPS) is 22.4. The quantitative estimate of drug-likeness (QED) is 0.823. The Hall–Kier alpha value is -1.47. The zero-order valence-corrected chi connectivity index (χ0v) is 11.9. The predicted molar refractivity (Wildman–Crippen MR) is 74.1 cm³/mol. The van der Waals surface area contributed by atoms with Gasteiger partial charge in [-0.3, -0.25) is 0 Å². The highest BCUT2D eigenvalue weighted by molar-refractivity contribution is 5.69. The number of nitrogens with two attached hydrogens (primary N) is 1. The van der Waals surface area contributed by atoms with Crippen LogP contribution in [0.4, 0.5) is 24.5 Å². The Kier molecular flexibility index (Phi) is 4.08. The molecular formula is C14H19F3N2O2. The third-order valence-electron chi connectivity index (χ3n) is 3.38. The molecule has 3 N–H and O–H groups in total. The summed E-state index contributed by atoms with van der Waals surface area (Å²) in [5.41, 5.74) is 5.09. The summed E-state index contributed by atoms with van der Waals surface area (Å²) < 4.78 is 43.7. The van der Waals surface area contributed by atoms with Crippen molar-refractivity contribution >= 4 is 11.4 Å². The molecule has 0 bridgehead atoms. The maximum atomic E-state index is 12.7. The molecule has 0 spiro atoms. The third kappa shape index (κ3) is 3.59. The fraction of sp³-hybridized carbons (Fsp3) is 0.571. The van der Waals surface area contributed by atoms with Gasteiger partial charge < -0.3 is 20.5 Å². The molecule has 7 heteroatoms. The Morgan fingerprint density at radius 3 is 2.62 bits per heavy atom. The summed E-state index contributed by atoms with van der Waals surface area (Å²) in [6.07, 6.45) is -4.81. The second kappa shape index (κ2) is 5.38. The standard InChI is InChI=1S/C14H19F3N2O2/c1-13(2)8-19(6-10(7-20)21-13)12-4-3-9(5-11(12)18)14(15,16)17/h3-5,10,20H,6-8,18H2,1-2H3. The lowest BCUT2D eigenvalue weighted by molar-refractivity contribution is -0.137. The van der Waals surface area contributed by atoms with Gasteiger partial charge in [-0.25, -0.2) is 0 Å². The summed E-state index contributed by atoms with van der Waals surface area (Å²) in [5, 5.41) is 9.28. The number of aliphatic hydroxyl groups excluding tert-OH is 1. The van der Waals surface area contributed by atoms with Gasteiger partial charge in [0.15, 0.2) is 0 Å². The average molecular weight is 304 g/mol. The first-order valence-corrected chi connectivity index (χ1v) is 6.63. The molecule has 0 amide bonds. The minimum Gasteiger partial charge on any atom is -0.397 e. The monoisotopic (exact) mass is 304 g/mol. The van der Waals surface area contributed by atoms with Crippen LogP contribution in [0.2, 0.25) is 0 Å². The van der Waals surface area contributed by atoms with Crippen LogP contribution in [0.15, 0.2) is 18.2 Å². The summed E-state index contributed by atoms with van der Waals surface area (Å²) in [6.45, 7) is 4.44. The van der Waals surface area contributed by atoms with Crippen molar-refractivity contribution in [2.24, 2.45) is 0 Å². The number of halogens is 3. The number of hydrogen-bond acceptors (Lipinski definition) is 4. The molecule has 0 radical (unpaired) electrons. The van der Waals surface area contributed by atoms with Crippen LogP contribution in [0, 0.1) is 0 Å². The number of hydrogen-bond donors (Lipinski definition) is 2. The highest BCUT2D eigenvalue weighted by Crippen LogP contribution is 2.35. The Labute approximate surface area is 121 Å². The SMILES string of the molecule is CC1(C)CN(c2ccc(C(F)(F)F)cc2N)CC(CO)O1. The van der Waals surface area contributed by atoms with Gasteiger partial charge in [0.05, 0.1) is 35.3 Å². The van der Waals surface area contributed by atoms with E-state index >= 15 is 0 Å². The summed E-state index contributed by atoms with van der Waals surface area (Å²) in [6, 6.07) is 3.32. The summed E-state index contributed by atoms with van der Waals surface area (Å²) >= 11 is 0. The first-order chi connectivity index (χ1) is 9.62. The molecule has 2 rings (SSSR count). The molecule has 4 nitrogen and oxygen atoms in total. The highest BCUT2D eigenvalue weighted by Gasteiger charge is 2.35. The van der Waals surface area contributed by atoms with Crippen molar-refractivity contribution in [1.29, 1.82) is 0 Å². The van der Waals surface area contributed by atoms with Gasteiger partial charge in [-0.05, 0) is 32.0 Å². The predicted octanol–water partition coefficient (Wildman–Crippen LogP) is 2.26. The van der Waals surface area contributed by atoms with Crippen molar-refractivity contribution in [2.45, 2.75) is 31.7 Å². The van der Waals surface area contributed by atoms with Crippen LogP contribution in [-0.2, 0) is 10.9 Å². The maximum Gasteiger partial charge on any atom is 0.416 e. The van der Waals surface area contributed by atoms with Crippen molar-refractivity contribution in [3.8, 4) is 0 Å². The van der Waals surface area contributed by atoms with Gasteiger partial charge in [0, 0.05) is 13.1 Å². The zero-order valence-electron chi connectivity index (χ0n) is 11.9. The molecule has 0 aliphatic carbocycles. The van der Waals surface area contributed by atoms with E-state index in [0.717, 1.165) is 12.1 Å². The molecule has 118 valence electrons. The first-order valence-electron chi connectivity index (χ1n) is 6.63. The molecule has 1 fully saturated rings. The lowest BCUT2D eigenvalue weighted by atomic mass is 10.0. The number of anilines is 2. The number of alkyl halides is 3. The van der Waals surface area contributed by atoms with E-state index in [1.807, 2.05) is 18.7 Å². The van der Waals surface area contributed by atoms with Crippen LogP contribution in [0.25, 0.3) is 0 Å². The minimum atomic E-state index is -4.41. The molecule has 1 aliphatic rings. The zero-order chi connectivity index (χ0) is 15.8. The Bertz CT molecular complexity index is 517. The molecule has 1 aromatic rings.